The Morgan fingerprint density at radius 1 is 1.12 bits per heavy atom. The van der Waals surface area contributed by atoms with Crippen molar-refractivity contribution < 1.29 is 8.42 Å². The number of fused-ring (bicyclic) bond motifs is 1. The van der Waals surface area contributed by atoms with Gasteiger partial charge in [-0.15, -0.1) is 11.3 Å². The zero-order chi connectivity index (χ0) is 17.4. The molecule has 5 nitrogen and oxygen atoms in total. The molecule has 134 valence electrons. The summed E-state index contributed by atoms with van der Waals surface area (Å²) in [6, 6.07) is 9.68. The first-order valence-electron chi connectivity index (χ1n) is 8.36. The normalized spacial score (nSPS) is 18.9. The number of anilines is 1. The summed E-state index contributed by atoms with van der Waals surface area (Å²) in [7, 11) is -3.42. The molecule has 2 aliphatic rings. The van der Waals surface area contributed by atoms with Crippen LogP contribution in [0.15, 0.2) is 34.5 Å². The van der Waals surface area contributed by atoms with Crippen LogP contribution in [0, 0.1) is 0 Å². The van der Waals surface area contributed by atoms with E-state index in [1.54, 1.807) is 16.4 Å². The number of hydrogen-bond donors (Lipinski definition) is 1. The third-order valence-electron chi connectivity index (χ3n) is 4.80. The molecule has 0 amide bonds. The highest BCUT2D eigenvalue weighted by atomic mass is 35.5. The molecule has 2 aliphatic heterocycles. The van der Waals surface area contributed by atoms with Crippen LogP contribution in [0.2, 0.25) is 4.34 Å². The third-order valence-corrected chi connectivity index (χ3v) is 8.40. The highest BCUT2D eigenvalue weighted by Gasteiger charge is 2.30. The summed E-state index contributed by atoms with van der Waals surface area (Å²) in [5.74, 6) is 0. The average Bonchev–Trinajstić information content (AvgIpc) is 3.25. The maximum atomic E-state index is 12.7. The number of halogens is 1. The Morgan fingerprint density at radius 3 is 2.64 bits per heavy atom. The molecule has 1 N–H and O–H groups in total. The predicted molar refractivity (Wildman–Crippen MR) is 102 cm³/mol. The summed E-state index contributed by atoms with van der Waals surface area (Å²) in [4.78, 5) is 2.32. The first-order chi connectivity index (χ1) is 12.0. The Balaban J connectivity index is 1.41. The number of para-hydroxylation sites is 1. The van der Waals surface area contributed by atoms with Gasteiger partial charge in [0.25, 0.3) is 10.0 Å². The highest BCUT2D eigenvalue weighted by Crippen LogP contribution is 2.30. The van der Waals surface area contributed by atoms with Crippen molar-refractivity contribution in [2.45, 2.75) is 17.2 Å². The molecule has 1 saturated heterocycles. The lowest BCUT2D eigenvalue weighted by Gasteiger charge is -2.34. The van der Waals surface area contributed by atoms with Gasteiger partial charge in [-0.05, 0) is 29.7 Å². The van der Waals surface area contributed by atoms with E-state index in [2.05, 4.69) is 28.4 Å². The van der Waals surface area contributed by atoms with Crippen molar-refractivity contribution in [3.63, 3.8) is 0 Å². The molecule has 0 spiro atoms. The standard InChI is InChI=1S/C17H20ClN3O2S2/c18-15-4-5-16(24-15)25(22,23)21-10-8-20(9-11-21)12-14-3-1-2-13-6-7-19-17(13)14/h1-5,19H,6-12H2. The number of hydrogen-bond acceptors (Lipinski definition) is 5. The van der Waals surface area contributed by atoms with E-state index in [0.717, 1.165) is 43.9 Å². The van der Waals surface area contributed by atoms with E-state index in [1.165, 1.54) is 16.8 Å². The van der Waals surface area contributed by atoms with Gasteiger partial charge < -0.3 is 5.32 Å². The SMILES string of the molecule is O=S(=O)(c1ccc(Cl)s1)N1CCN(Cc2cccc3c2NCC3)CC1. The molecule has 0 atom stereocenters. The Morgan fingerprint density at radius 2 is 1.92 bits per heavy atom. The summed E-state index contributed by atoms with van der Waals surface area (Å²) in [6.07, 6.45) is 1.08. The molecule has 1 aromatic heterocycles. The summed E-state index contributed by atoms with van der Waals surface area (Å²) in [6.45, 7) is 4.36. The molecular weight excluding hydrogens is 378 g/mol. The number of sulfonamides is 1. The van der Waals surface area contributed by atoms with Crippen molar-refractivity contribution in [1.82, 2.24) is 9.21 Å². The van der Waals surface area contributed by atoms with Crippen LogP contribution < -0.4 is 5.32 Å². The molecule has 3 heterocycles. The molecule has 0 saturated carbocycles. The second-order valence-electron chi connectivity index (χ2n) is 6.37. The van der Waals surface area contributed by atoms with Crippen LogP contribution in [-0.4, -0.2) is 50.3 Å². The molecule has 8 heteroatoms. The number of rotatable bonds is 4. The fraction of sp³-hybridized carbons (Fsp3) is 0.412. The first kappa shape index (κ1) is 17.3. The maximum absolute atomic E-state index is 12.7. The minimum absolute atomic E-state index is 0.330. The quantitative estimate of drug-likeness (QED) is 0.861. The van der Waals surface area contributed by atoms with Crippen molar-refractivity contribution in [2.24, 2.45) is 0 Å². The molecule has 0 radical (unpaired) electrons. The molecule has 25 heavy (non-hydrogen) atoms. The number of piperazine rings is 1. The van der Waals surface area contributed by atoms with Crippen LogP contribution in [-0.2, 0) is 23.0 Å². The van der Waals surface area contributed by atoms with Gasteiger partial charge in [0.05, 0.1) is 4.34 Å². The van der Waals surface area contributed by atoms with E-state index in [9.17, 15) is 8.42 Å². The smallest absolute Gasteiger partial charge is 0.252 e. The van der Waals surface area contributed by atoms with Gasteiger partial charge in [0, 0.05) is 45.0 Å². The van der Waals surface area contributed by atoms with Crippen LogP contribution in [0.3, 0.4) is 0 Å². The van der Waals surface area contributed by atoms with Gasteiger partial charge in [-0.25, -0.2) is 8.42 Å². The van der Waals surface area contributed by atoms with E-state index in [-0.39, 0.29) is 0 Å². The lowest BCUT2D eigenvalue weighted by molar-refractivity contribution is 0.182. The molecule has 0 aliphatic carbocycles. The van der Waals surface area contributed by atoms with Crippen LogP contribution >= 0.6 is 22.9 Å². The lowest BCUT2D eigenvalue weighted by atomic mass is 10.1. The van der Waals surface area contributed by atoms with Gasteiger partial charge in [-0.2, -0.15) is 4.31 Å². The molecular formula is C17H20ClN3O2S2. The zero-order valence-electron chi connectivity index (χ0n) is 13.7. The van der Waals surface area contributed by atoms with Crippen molar-refractivity contribution in [3.8, 4) is 0 Å². The second kappa shape index (κ2) is 6.89. The van der Waals surface area contributed by atoms with Gasteiger partial charge in [-0.3, -0.25) is 4.90 Å². The predicted octanol–water partition coefficient (Wildman–Crippen LogP) is 2.88. The summed E-state index contributed by atoms with van der Waals surface area (Å²) >= 11 is 7.01. The van der Waals surface area contributed by atoms with Crippen molar-refractivity contribution in [2.75, 3.05) is 38.0 Å². The molecule has 1 fully saturated rings. The highest BCUT2D eigenvalue weighted by molar-refractivity contribution is 7.91. The van der Waals surface area contributed by atoms with Crippen LogP contribution in [0.4, 0.5) is 5.69 Å². The maximum Gasteiger partial charge on any atom is 0.252 e. The Bertz CT molecular complexity index is 874. The average molecular weight is 398 g/mol. The molecule has 0 bridgehead atoms. The number of nitrogens with zero attached hydrogens (tertiary/aromatic N) is 2. The van der Waals surface area contributed by atoms with Crippen molar-refractivity contribution >= 4 is 38.6 Å². The topological polar surface area (TPSA) is 52.7 Å². The van der Waals surface area contributed by atoms with Gasteiger partial charge in [0.2, 0.25) is 0 Å². The van der Waals surface area contributed by atoms with Crippen LogP contribution in [0.25, 0.3) is 0 Å². The monoisotopic (exact) mass is 397 g/mol. The Kier molecular flexibility index (Phi) is 4.77. The summed E-state index contributed by atoms with van der Waals surface area (Å²) in [5.41, 5.74) is 3.95. The Hall–Kier alpha value is -1.12. The van der Waals surface area contributed by atoms with Gasteiger partial charge in [0.1, 0.15) is 4.21 Å². The molecule has 4 rings (SSSR count). The van der Waals surface area contributed by atoms with Gasteiger partial charge >= 0.3 is 0 Å². The first-order valence-corrected chi connectivity index (χ1v) is 11.0. The van der Waals surface area contributed by atoms with E-state index in [0.29, 0.717) is 21.6 Å². The number of benzene rings is 1. The molecule has 1 aromatic carbocycles. The largest absolute Gasteiger partial charge is 0.384 e. The lowest BCUT2D eigenvalue weighted by Crippen LogP contribution is -2.48. The van der Waals surface area contributed by atoms with Crippen molar-refractivity contribution in [3.05, 3.63) is 45.8 Å². The van der Waals surface area contributed by atoms with Crippen LogP contribution in [0.5, 0.6) is 0 Å². The van der Waals surface area contributed by atoms with E-state index in [4.69, 9.17) is 11.6 Å². The third kappa shape index (κ3) is 3.44. The van der Waals surface area contributed by atoms with Crippen molar-refractivity contribution in [1.29, 1.82) is 0 Å². The summed E-state index contributed by atoms with van der Waals surface area (Å²) in [5, 5.41) is 3.47. The minimum atomic E-state index is -3.42. The fourth-order valence-corrected chi connectivity index (χ4v) is 6.53. The summed E-state index contributed by atoms with van der Waals surface area (Å²) < 4.78 is 27.7. The second-order valence-corrected chi connectivity index (χ2v) is 10.2. The van der Waals surface area contributed by atoms with E-state index in [1.807, 2.05) is 0 Å². The minimum Gasteiger partial charge on any atom is -0.384 e. The zero-order valence-corrected chi connectivity index (χ0v) is 16.1. The molecule has 2 aromatic rings. The molecule has 0 unspecified atom stereocenters. The van der Waals surface area contributed by atoms with Gasteiger partial charge in [-0.1, -0.05) is 29.8 Å². The van der Waals surface area contributed by atoms with Crippen LogP contribution in [0.1, 0.15) is 11.1 Å². The van der Waals surface area contributed by atoms with E-state index < -0.39 is 10.0 Å². The fourth-order valence-electron chi connectivity index (χ4n) is 3.48. The van der Waals surface area contributed by atoms with Gasteiger partial charge in [0.15, 0.2) is 0 Å². The van der Waals surface area contributed by atoms with E-state index >= 15 is 0 Å². The number of thiophene rings is 1. The number of nitrogens with one attached hydrogen (secondary N) is 1. The Labute approximate surface area is 157 Å².